The molecule has 1 aromatic carbocycles. The van der Waals surface area contributed by atoms with E-state index in [1.807, 2.05) is 0 Å². The van der Waals surface area contributed by atoms with Gasteiger partial charge in [-0.3, -0.25) is 0 Å². The minimum absolute atomic E-state index is 0. The average Bonchev–Trinajstić information content (AvgIpc) is 2.86. The molecule has 0 heterocycles. The van der Waals surface area contributed by atoms with Gasteiger partial charge >= 0.3 is 0 Å². The van der Waals surface area contributed by atoms with Gasteiger partial charge in [-0.2, -0.15) is 0 Å². The van der Waals surface area contributed by atoms with Gasteiger partial charge in [0.25, 0.3) is 0 Å². The highest BCUT2D eigenvalue weighted by atomic mass is 35.5. The van der Waals surface area contributed by atoms with Crippen molar-refractivity contribution in [2.24, 2.45) is 5.92 Å². The standard InChI is InChI=1S/C33H59P.ClH.H3P/c1-4-7-9-11-15-22-28-34(29-23-16-12-10-8-5-2)30-24-17-13-14-19-25-32(6-3)31-33-26-20-18-21-27-33;;/h6,18,20-21,26-27,32H,3-5,7-17,19,22-25,28-31H2,1-2H3;1H;1H3. The van der Waals surface area contributed by atoms with Gasteiger partial charge in [0.05, 0.1) is 0 Å². The number of unbranched alkanes of at least 4 members (excludes halogenated alkanes) is 14. The summed E-state index contributed by atoms with van der Waals surface area (Å²) in [6.07, 6.45) is 34.0. The second kappa shape index (κ2) is 29.7. The second-order valence-electron chi connectivity index (χ2n) is 10.6. The van der Waals surface area contributed by atoms with E-state index in [1.165, 1.54) is 121 Å². The van der Waals surface area contributed by atoms with Crippen LogP contribution >= 0.6 is 17.8 Å². The minimum atomic E-state index is 0. The predicted molar refractivity (Wildman–Crippen MR) is 172 cm³/mol. The number of hydrogen-bond donors (Lipinski definition) is 0. The van der Waals surface area contributed by atoms with Crippen LogP contribution in [0.2, 0.25) is 0 Å². The van der Waals surface area contributed by atoms with Gasteiger partial charge in [0.15, 0.2) is 0 Å². The van der Waals surface area contributed by atoms with E-state index >= 15 is 0 Å². The molecule has 0 N–H and O–H groups in total. The highest BCUT2D eigenvalue weighted by Gasteiger charge is 2.09. The zero-order valence-corrected chi connectivity index (χ0v) is 28.3. The Hall–Kier alpha value is 0.110. The molecule has 3 heteroatoms. The third-order valence-corrected chi connectivity index (χ3v) is 10.2. The Balaban J connectivity index is 0. The number of allylic oxidation sites excluding steroid dienone is 1. The van der Waals surface area contributed by atoms with Crippen LogP contribution in [0.4, 0.5) is 0 Å². The summed E-state index contributed by atoms with van der Waals surface area (Å²) in [6, 6.07) is 10.9. The minimum Gasteiger partial charge on any atom is -1.00 e. The van der Waals surface area contributed by atoms with Crippen LogP contribution in [0, 0.1) is 5.92 Å². The fourth-order valence-corrected chi connectivity index (χ4v) is 7.74. The fourth-order valence-electron chi connectivity index (χ4n) is 5.06. The predicted octanol–water partition coefficient (Wildman–Crippen LogP) is 8.37. The maximum absolute atomic E-state index is 4.10. The first-order chi connectivity index (χ1) is 16.8. The summed E-state index contributed by atoms with van der Waals surface area (Å²) < 4.78 is 0. The van der Waals surface area contributed by atoms with Gasteiger partial charge in [-0.15, -0.1) is 14.5 Å². The van der Waals surface area contributed by atoms with Gasteiger partial charge in [-0.1, -0.05) is 140 Å². The molecule has 0 radical (unpaired) electrons. The quantitative estimate of drug-likeness (QED) is 0.0644. The Morgan fingerprint density at radius 3 is 1.50 bits per heavy atom. The van der Waals surface area contributed by atoms with Crippen molar-refractivity contribution in [1.82, 2.24) is 0 Å². The van der Waals surface area contributed by atoms with Crippen molar-refractivity contribution in [3.8, 4) is 0 Å². The van der Waals surface area contributed by atoms with Crippen molar-refractivity contribution < 1.29 is 12.4 Å². The smallest absolute Gasteiger partial charge is 0.0196 e. The largest absolute Gasteiger partial charge is 1.00 e. The van der Waals surface area contributed by atoms with Gasteiger partial charge in [-0.05, 0) is 72.0 Å². The summed E-state index contributed by atoms with van der Waals surface area (Å²) >= 11 is 0. The molecule has 1 aromatic rings. The summed E-state index contributed by atoms with van der Waals surface area (Å²) in [5.41, 5.74) is 1.46. The topological polar surface area (TPSA) is 0 Å². The molecule has 2 unspecified atom stereocenters. The lowest BCUT2D eigenvalue weighted by molar-refractivity contribution is -0.00000755. The summed E-state index contributed by atoms with van der Waals surface area (Å²) in [7, 11) is 0.311. The first kappa shape index (κ1) is 38.3. The van der Waals surface area contributed by atoms with Crippen LogP contribution in [0.5, 0.6) is 0 Å². The number of rotatable bonds is 25. The monoisotopic (exact) mass is 556 g/mol. The molecule has 0 fully saturated rings. The Morgan fingerprint density at radius 2 is 1.06 bits per heavy atom. The highest BCUT2D eigenvalue weighted by molar-refractivity contribution is 7.57. The zero-order valence-electron chi connectivity index (χ0n) is 24.6. The van der Waals surface area contributed by atoms with Crippen LogP contribution in [0.25, 0.3) is 0 Å². The maximum atomic E-state index is 4.10. The van der Waals surface area contributed by atoms with Crippen LogP contribution in [0.3, 0.4) is 0 Å². The Morgan fingerprint density at radius 1 is 0.639 bits per heavy atom. The molecule has 0 spiro atoms. The lowest BCUT2D eigenvalue weighted by atomic mass is 9.93. The van der Waals surface area contributed by atoms with Gasteiger partial charge in [0.2, 0.25) is 0 Å². The van der Waals surface area contributed by atoms with Crippen LogP contribution in [-0.4, -0.2) is 18.5 Å². The van der Waals surface area contributed by atoms with E-state index < -0.39 is 0 Å². The molecular weight excluding hydrogens is 494 g/mol. The number of halogens is 1. The first-order valence-corrected chi connectivity index (χ1v) is 17.1. The molecular formula is C33H63ClP2. The molecule has 0 saturated heterocycles. The van der Waals surface area contributed by atoms with E-state index in [9.17, 15) is 0 Å². The van der Waals surface area contributed by atoms with Crippen molar-refractivity contribution in [2.45, 2.75) is 136 Å². The summed E-state index contributed by atoms with van der Waals surface area (Å²) in [6.45, 7) is 8.74. The van der Waals surface area contributed by atoms with Gasteiger partial charge in [0, 0.05) is 0 Å². The SMILES string of the molecule is C=CC(CCCCCCCP(CCCCCCCC)CCCCCCCC)Cc1ccccc1.[Cl-].[PH4+]. The Kier molecular flexibility index (Phi) is 31.5. The van der Waals surface area contributed by atoms with E-state index in [0.717, 1.165) is 6.42 Å². The molecule has 0 amide bonds. The van der Waals surface area contributed by atoms with E-state index in [-0.39, 0.29) is 22.3 Å². The van der Waals surface area contributed by atoms with Gasteiger partial charge in [-0.25, -0.2) is 0 Å². The first-order valence-electron chi connectivity index (χ1n) is 15.2. The fraction of sp³-hybridized carbons (Fsp3) is 0.758. The Labute approximate surface area is 238 Å². The molecule has 2 atom stereocenters. The molecule has 212 valence electrons. The molecule has 0 nitrogen and oxygen atoms in total. The van der Waals surface area contributed by atoms with Crippen LogP contribution in [0.15, 0.2) is 43.0 Å². The normalized spacial score (nSPS) is 11.6. The highest BCUT2D eigenvalue weighted by Crippen LogP contribution is 2.39. The maximum Gasteiger partial charge on any atom is -0.0196 e. The van der Waals surface area contributed by atoms with Crippen LogP contribution < -0.4 is 12.4 Å². The summed E-state index contributed by atoms with van der Waals surface area (Å²) in [5, 5.41) is 0. The van der Waals surface area contributed by atoms with Gasteiger partial charge in [0.1, 0.15) is 0 Å². The van der Waals surface area contributed by atoms with Crippen LogP contribution in [0.1, 0.15) is 135 Å². The number of benzene rings is 1. The van der Waals surface area contributed by atoms with E-state index in [2.05, 4.69) is 56.8 Å². The molecule has 0 aromatic heterocycles. The number of hydrogen-bond acceptors (Lipinski definition) is 0. The lowest BCUT2D eigenvalue weighted by Gasteiger charge is -2.18. The molecule has 1 rings (SSSR count). The van der Waals surface area contributed by atoms with Crippen molar-refractivity contribution in [2.75, 3.05) is 18.5 Å². The molecule has 0 aliphatic heterocycles. The van der Waals surface area contributed by atoms with Crippen LogP contribution in [-0.2, 0) is 6.42 Å². The van der Waals surface area contributed by atoms with Crippen molar-refractivity contribution in [1.29, 1.82) is 0 Å². The molecule has 36 heavy (non-hydrogen) atoms. The van der Waals surface area contributed by atoms with Crippen molar-refractivity contribution >= 4 is 17.8 Å². The van der Waals surface area contributed by atoms with E-state index in [1.54, 1.807) is 18.5 Å². The summed E-state index contributed by atoms with van der Waals surface area (Å²) in [5.74, 6) is 0.643. The van der Waals surface area contributed by atoms with E-state index in [0.29, 0.717) is 13.8 Å². The average molecular weight is 557 g/mol. The third-order valence-electron chi connectivity index (χ3n) is 7.38. The molecule has 0 saturated carbocycles. The third kappa shape index (κ3) is 23.2. The second-order valence-corrected chi connectivity index (χ2v) is 13.3. The zero-order chi connectivity index (χ0) is 24.5. The lowest BCUT2D eigenvalue weighted by Crippen LogP contribution is -3.00. The van der Waals surface area contributed by atoms with Crippen molar-refractivity contribution in [3.05, 3.63) is 48.6 Å². The van der Waals surface area contributed by atoms with E-state index in [4.69, 9.17) is 0 Å². The summed E-state index contributed by atoms with van der Waals surface area (Å²) in [4.78, 5) is 0. The molecule has 0 aliphatic carbocycles. The molecule has 0 aliphatic rings. The van der Waals surface area contributed by atoms with Crippen molar-refractivity contribution in [3.63, 3.8) is 0 Å². The Bertz CT molecular complexity index is 532. The molecule has 0 bridgehead atoms. The van der Waals surface area contributed by atoms with Gasteiger partial charge < -0.3 is 12.4 Å².